The number of hydrogen-bond acceptors (Lipinski definition) is 8. The highest BCUT2D eigenvalue weighted by molar-refractivity contribution is 7.10. The zero-order chi connectivity index (χ0) is 24.0. The van der Waals surface area contributed by atoms with Gasteiger partial charge in [-0.1, -0.05) is 0 Å². The highest BCUT2D eigenvalue weighted by atomic mass is 32.1. The maximum Gasteiger partial charge on any atom is 0.434 e. The number of rotatable bonds is 3. The van der Waals surface area contributed by atoms with E-state index in [2.05, 4.69) is 9.97 Å². The second kappa shape index (κ2) is 10.1. The van der Waals surface area contributed by atoms with E-state index < -0.39 is 41.2 Å². The summed E-state index contributed by atoms with van der Waals surface area (Å²) in [6.45, 7) is 4.80. The summed E-state index contributed by atoms with van der Waals surface area (Å²) in [4.78, 5) is 18.2. The third-order valence-electron chi connectivity index (χ3n) is 2.90. The molecule has 31 heavy (non-hydrogen) atoms. The lowest BCUT2D eigenvalue weighted by atomic mass is 10.1. The Hall–Kier alpha value is -2.71. The number of carbonyl (C=O) groups excluding carboxylic acids is 1. The van der Waals surface area contributed by atoms with Crippen molar-refractivity contribution in [1.29, 1.82) is 10.5 Å². The molecule has 0 bridgehead atoms. The number of carbonyl (C=O) groups is 1. The van der Waals surface area contributed by atoms with Crippen molar-refractivity contribution in [3.05, 3.63) is 32.2 Å². The Morgan fingerprint density at radius 1 is 1.03 bits per heavy atom. The predicted molar refractivity (Wildman–Crippen MR) is 97.7 cm³/mol. The zero-order valence-electron chi connectivity index (χ0n) is 16.1. The fourth-order valence-electron chi connectivity index (χ4n) is 1.71. The molecule has 0 saturated heterocycles. The molecule has 0 amide bonds. The molecular weight excluding hydrogens is 470 g/mol. The molecule has 2 rings (SSSR count). The number of ether oxygens (including phenoxy) is 1. The fraction of sp³-hybridized carbons (Fsp3) is 0.471. The van der Waals surface area contributed by atoms with Crippen molar-refractivity contribution in [2.45, 2.75) is 51.1 Å². The molecule has 0 saturated carbocycles. The first-order valence-electron chi connectivity index (χ1n) is 8.12. The van der Waals surface area contributed by atoms with Crippen LogP contribution in [0.15, 0.2) is 10.8 Å². The van der Waals surface area contributed by atoms with Gasteiger partial charge >= 0.3 is 18.3 Å². The quantitative estimate of drug-likeness (QED) is 0.431. The topological polar surface area (TPSA) is 99.7 Å². The number of nitriles is 2. The van der Waals surface area contributed by atoms with Crippen LogP contribution in [0.2, 0.25) is 0 Å². The molecule has 6 nitrogen and oxygen atoms in total. The summed E-state index contributed by atoms with van der Waals surface area (Å²) in [6.07, 6.45) is -9.06. The molecule has 0 fully saturated rings. The standard InChI is InChI=1S/C11H11F3N2O2S.C6H3F3N2S/c1-10(2,3)18-9(17)6(4-15)8-16-7(5-19-8)11(12,13)14;7-6(8,9)4-3-12-5(11-4)1-2-10/h5-6H,1-3H3;3H,1H2. The van der Waals surface area contributed by atoms with Gasteiger partial charge in [-0.2, -0.15) is 36.9 Å². The van der Waals surface area contributed by atoms with E-state index in [1.54, 1.807) is 32.9 Å². The van der Waals surface area contributed by atoms with Crippen LogP contribution in [-0.4, -0.2) is 21.5 Å². The van der Waals surface area contributed by atoms with Crippen LogP contribution in [0.5, 0.6) is 0 Å². The second-order valence-electron chi connectivity index (χ2n) is 6.62. The summed E-state index contributed by atoms with van der Waals surface area (Å²) in [7, 11) is 0. The maximum atomic E-state index is 12.4. The Balaban J connectivity index is 0.000000343. The van der Waals surface area contributed by atoms with Crippen LogP contribution in [0.25, 0.3) is 0 Å². The largest absolute Gasteiger partial charge is 0.459 e. The Kier molecular flexibility index (Phi) is 8.55. The molecule has 2 heterocycles. The molecule has 1 unspecified atom stereocenters. The minimum Gasteiger partial charge on any atom is -0.459 e. The molecule has 168 valence electrons. The molecule has 14 heteroatoms. The average Bonchev–Trinajstić information content (AvgIpc) is 3.23. The normalized spacial score (nSPS) is 12.7. The van der Waals surface area contributed by atoms with E-state index >= 15 is 0 Å². The van der Waals surface area contributed by atoms with Crippen LogP contribution in [-0.2, 0) is 28.3 Å². The van der Waals surface area contributed by atoms with Gasteiger partial charge in [0.15, 0.2) is 17.3 Å². The van der Waals surface area contributed by atoms with Crippen LogP contribution >= 0.6 is 22.7 Å². The molecule has 2 aromatic rings. The van der Waals surface area contributed by atoms with Crippen molar-refractivity contribution in [3.63, 3.8) is 0 Å². The first kappa shape index (κ1) is 26.3. The number of aromatic nitrogens is 2. The number of halogens is 6. The predicted octanol–water partition coefficient (Wildman–Crippen LogP) is 5.34. The van der Waals surface area contributed by atoms with Crippen LogP contribution < -0.4 is 0 Å². The number of esters is 1. The highest BCUT2D eigenvalue weighted by Crippen LogP contribution is 2.33. The third kappa shape index (κ3) is 8.51. The summed E-state index contributed by atoms with van der Waals surface area (Å²) in [5, 5.41) is 18.7. The zero-order valence-corrected chi connectivity index (χ0v) is 17.8. The van der Waals surface area contributed by atoms with Gasteiger partial charge in [0, 0.05) is 10.8 Å². The first-order chi connectivity index (χ1) is 14.1. The molecule has 2 aromatic heterocycles. The molecule has 0 aliphatic rings. The Labute approximate surface area is 180 Å². The van der Waals surface area contributed by atoms with Gasteiger partial charge < -0.3 is 4.74 Å². The smallest absolute Gasteiger partial charge is 0.434 e. The lowest BCUT2D eigenvalue weighted by Crippen LogP contribution is -2.27. The van der Waals surface area contributed by atoms with Gasteiger partial charge in [-0.15, -0.1) is 22.7 Å². The highest BCUT2D eigenvalue weighted by Gasteiger charge is 2.36. The second-order valence-corrected chi connectivity index (χ2v) is 8.46. The van der Waals surface area contributed by atoms with Gasteiger partial charge in [-0.05, 0) is 20.8 Å². The SMILES string of the molecule is CC(C)(C)OC(=O)C(C#N)c1nc(C(F)(F)F)cs1.N#CCc1nc(C(F)(F)F)cs1. The van der Waals surface area contributed by atoms with E-state index in [0.29, 0.717) is 11.3 Å². The van der Waals surface area contributed by atoms with Crippen LogP contribution in [0.1, 0.15) is 48.1 Å². The molecule has 0 aromatic carbocycles. The van der Waals surface area contributed by atoms with Crippen molar-refractivity contribution in [2.75, 3.05) is 0 Å². The monoisotopic (exact) mass is 484 g/mol. The van der Waals surface area contributed by atoms with E-state index in [-0.39, 0.29) is 16.4 Å². The average molecular weight is 484 g/mol. The van der Waals surface area contributed by atoms with E-state index in [0.717, 1.165) is 22.1 Å². The van der Waals surface area contributed by atoms with Gasteiger partial charge in [-0.25, -0.2) is 9.97 Å². The molecule has 0 aliphatic heterocycles. The summed E-state index contributed by atoms with van der Waals surface area (Å²) in [5.74, 6) is -2.35. The van der Waals surface area contributed by atoms with Gasteiger partial charge in [0.05, 0.1) is 18.6 Å². The van der Waals surface area contributed by atoms with Crippen molar-refractivity contribution >= 4 is 28.6 Å². The molecule has 0 spiro atoms. The maximum absolute atomic E-state index is 12.4. The van der Waals surface area contributed by atoms with Crippen molar-refractivity contribution in [1.82, 2.24) is 9.97 Å². The van der Waals surface area contributed by atoms with Gasteiger partial charge in [0.25, 0.3) is 0 Å². The van der Waals surface area contributed by atoms with Crippen LogP contribution in [0.4, 0.5) is 26.3 Å². The molecule has 1 atom stereocenters. The van der Waals surface area contributed by atoms with Gasteiger partial charge in [0.1, 0.15) is 15.6 Å². The van der Waals surface area contributed by atoms with Crippen molar-refractivity contribution < 1.29 is 35.9 Å². The van der Waals surface area contributed by atoms with E-state index in [1.165, 1.54) is 0 Å². The van der Waals surface area contributed by atoms with Crippen LogP contribution in [0.3, 0.4) is 0 Å². The molecule has 0 radical (unpaired) electrons. The summed E-state index contributed by atoms with van der Waals surface area (Å²) in [5.41, 5.74) is -2.86. The minimum absolute atomic E-state index is 0.0687. The molecule has 0 N–H and O–H groups in total. The summed E-state index contributed by atoms with van der Waals surface area (Å²) in [6, 6.07) is 3.34. The Morgan fingerprint density at radius 2 is 1.55 bits per heavy atom. The van der Waals surface area contributed by atoms with E-state index in [9.17, 15) is 31.1 Å². The third-order valence-corrected chi connectivity index (χ3v) is 4.66. The van der Waals surface area contributed by atoms with Gasteiger partial charge in [0.2, 0.25) is 0 Å². The van der Waals surface area contributed by atoms with Crippen molar-refractivity contribution in [3.8, 4) is 12.1 Å². The summed E-state index contributed by atoms with van der Waals surface area (Å²) < 4.78 is 77.8. The number of alkyl halides is 6. The fourth-order valence-corrected chi connectivity index (χ4v) is 3.30. The first-order valence-corrected chi connectivity index (χ1v) is 9.88. The lowest BCUT2D eigenvalue weighted by molar-refractivity contribution is -0.155. The number of thiazole rings is 2. The Morgan fingerprint density at radius 3 is 1.94 bits per heavy atom. The molecular formula is C17H14F6N4O2S2. The summed E-state index contributed by atoms with van der Waals surface area (Å²) >= 11 is 1.46. The number of nitrogens with zero attached hydrogens (tertiary/aromatic N) is 4. The molecule has 0 aliphatic carbocycles. The van der Waals surface area contributed by atoms with E-state index in [1.807, 2.05) is 0 Å². The van der Waals surface area contributed by atoms with E-state index in [4.69, 9.17) is 15.3 Å². The van der Waals surface area contributed by atoms with Crippen LogP contribution in [0, 0.1) is 22.7 Å². The number of hydrogen-bond donors (Lipinski definition) is 0. The minimum atomic E-state index is -4.59. The van der Waals surface area contributed by atoms with Gasteiger partial charge in [-0.3, -0.25) is 4.79 Å². The Bertz CT molecular complexity index is 977. The van der Waals surface area contributed by atoms with Crippen molar-refractivity contribution in [2.24, 2.45) is 0 Å². The lowest BCUT2D eigenvalue weighted by Gasteiger charge is -2.20.